The van der Waals surface area contributed by atoms with Gasteiger partial charge in [-0.1, -0.05) is 176 Å². The van der Waals surface area contributed by atoms with E-state index >= 15 is 0 Å². The fourth-order valence-electron chi connectivity index (χ4n) is 8.70. The second-order valence-electron chi connectivity index (χ2n) is 13.7. The van der Waals surface area contributed by atoms with Gasteiger partial charge in [-0.3, -0.25) is 0 Å². The van der Waals surface area contributed by atoms with Gasteiger partial charge in [0, 0.05) is 33.5 Å². The quantitative estimate of drug-likeness (QED) is 0.124. The number of para-hydroxylation sites is 4. The molecule has 1 aliphatic rings. The Kier molecular flexibility index (Phi) is 7.52. The minimum absolute atomic E-state index is 1.13. The molecule has 0 bridgehead atoms. The summed E-state index contributed by atoms with van der Waals surface area (Å²) in [4.78, 5) is 2.47. The smallest absolute Gasteiger partial charge is 0.179 e. The molecule has 0 spiro atoms. The Balaban J connectivity index is 1.39. The number of anilines is 3. The van der Waals surface area contributed by atoms with Crippen LogP contribution in [0.3, 0.4) is 0 Å². The summed E-state index contributed by atoms with van der Waals surface area (Å²) in [6.45, 7) is 0. The summed E-state index contributed by atoms with van der Waals surface area (Å²) in [5.74, 6) is 0. The van der Waals surface area contributed by atoms with Crippen molar-refractivity contribution in [3.05, 3.63) is 218 Å². The van der Waals surface area contributed by atoms with Crippen molar-refractivity contribution < 1.29 is 0 Å². The first kappa shape index (κ1) is 31.1. The molecule has 1 aliphatic heterocycles. The minimum Gasteiger partial charge on any atom is -0.309 e. The van der Waals surface area contributed by atoms with E-state index in [0.717, 1.165) is 17.1 Å². The first-order chi connectivity index (χ1) is 26.3. The molecule has 0 aliphatic carbocycles. The monoisotopic (exact) mass is 692 g/mol. The Bertz CT molecular complexity index is 2610. The Morgan fingerprint density at radius 3 is 1.42 bits per heavy atom. The molecule has 0 saturated heterocycles. The van der Waals surface area contributed by atoms with Crippen molar-refractivity contribution in [2.75, 3.05) is 4.90 Å². The molecule has 0 amide bonds. The zero-order valence-electron chi connectivity index (χ0n) is 29.2. The van der Waals surface area contributed by atoms with Crippen molar-refractivity contribution in [3.63, 3.8) is 0 Å². The number of hydrogen-bond acceptors (Lipinski definition) is 1. The average Bonchev–Trinajstić information content (AvgIpc) is 3.52. The van der Waals surface area contributed by atoms with Crippen LogP contribution >= 0.6 is 0 Å². The lowest BCUT2D eigenvalue weighted by molar-refractivity contribution is 1.13. The molecule has 9 aromatic rings. The third-order valence-corrected chi connectivity index (χ3v) is 15.6. The van der Waals surface area contributed by atoms with Gasteiger partial charge in [0.1, 0.15) is 0 Å². The molecule has 250 valence electrons. The number of benzene rings is 8. The summed E-state index contributed by atoms with van der Waals surface area (Å²) < 4.78 is 2.48. The van der Waals surface area contributed by atoms with Crippen molar-refractivity contribution in [2.45, 2.75) is 0 Å². The van der Waals surface area contributed by atoms with Crippen LogP contribution in [0.1, 0.15) is 0 Å². The van der Waals surface area contributed by atoms with Crippen LogP contribution in [-0.4, -0.2) is 12.6 Å². The van der Waals surface area contributed by atoms with Gasteiger partial charge in [0.05, 0.1) is 22.6 Å². The molecule has 53 heavy (non-hydrogen) atoms. The molecule has 2 nitrogen and oxygen atoms in total. The second-order valence-corrected chi connectivity index (χ2v) is 17.5. The molecule has 8 aromatic carbocycles. The summed E-state index contributed by atoms with van der Waals surface area (Å²) in [6.07, 6.45) is 0. The minimum atomic E-state index is -2.83. The van der Waals surface area contributed by atoms with E-state index in [4.69, 9.17) is 0 Å². The molecule has 0 saturated carbocycles. The first-order valence-electron chi connectivity index (χ1n) is 18.3. The second kappa shape index (κ2) is 12.8. The topological polar surface area (TPSA) is 8.17 Å². The van der Waals surface area contributed by atoms with Crippen molar-refractivity contribution in [1.82, 2.24) is 4.57 Å². The SMILES string of the molecule is c1ccc(N2c3ccc([Si](c4ccccc4)(c4ccccc4)c4ccccc4)cc3-c3c(n(-c4ccccc4)c4ccccc34)-c3ccccc32)cc1. The van der Waals surface area contributed by atoms with Gasteiger partial charge in [-0.05, 0) is 63.2 Å². The van der Waals surface area contributed by atoms with Gasteiger partial charge in [-0.2, -0.15) is 0 Å². The first-order valence-corrected chi connectivity index (χ1v) is 20.3. The van der Waals surface area contributed by atoms with E-state index in [1.54, 1.807) is 0 Å². The van der Waals surface area contributed by atoms with Gasteiger partial charge in [0.15, 0.2) is 8.07 Å². The van der Waals surface area contributed by atoms with E-state index in [-0.39, 0.29) is 0 Å². The third kappa shape index (κ3) is 4.86. The van der Waals surface area contributed by atoms with Crippen LogP contribution < -0.4 is 25.6 Å². The summed E-state index contributed by atoms with van der Waals surface area (Å²) in [6, 6.07) is 80.6. The van der Waals surface area contributed by atoms with Crippen molar-refractivity contribution in [3.8, 4) is 28.1 Å². The molecule has 0 unspecified atom stereocenters. The summed E-state index contributed by atoms with van der Waals surface area (Å²) in [7, 11) is -2.83. The van der Waals surface area contributed by atoms with Gasteiger partial charge in [0.25, 0.3) is 0 Å². The van der Waals surface area contributed by atoms with Crippen molar-refractivity contribution in [1.29, 1.82) is 0 Å². The van der Waals surface area contributed by atoms with E-state index in [9.17, 15) is 0 Å². The standard InChI is InChI=1S/C50H36N2Si/c1-6-20-37(21-7-1)51-47-33-19-17-31-44(47)50-49(43-30-16-18-32-46(43)52(50)38-22-8-2-9-23-38)45-36-42(34-35-48(45)51)53(39-24-10-3-11-25-39,40-26-12-4-13-27-40)41-28-14-5-15-29-41/h1-36H. The van der Waals surface area contributed by atoms with Crippen LogP contribution in [0, 0.1) is 0 Å². The van der Waals surface area contributed by atoms with E-state index in [0.29, 0.717) is 0 Å². The van der Waals surface area contributed by atoms with Crippen LogP contribution in [0.4, 0.5) is 17.1 Å². The lowest BCUT2D eigenvalue weighted by Gasteiger charge is -2.35. The molecular weight excluding hydrogens is 657 g/mol. The summed E-state index contributed by atoms with van der Waals surface area (Å²) in [5, 5.41) is 6.67. The highest BCUT2D eigenvalue weighted by molar-refractivity contribution is 7.19. The zero-order chi connectivity index (χ0) is 35.2. The van der Waals surface area contributed by atoms with E-state index in [2.05, 4.69) is 228 Å². The van der Waals surface area contributed by atoms with Gasteiger partial charge in [-0.15, -0.1) is 0 Å². The highest BCUT2D eigenvalue weighted by Crippen LogP contribution is 2.54. The average molecular weight is 693 g/mol. The van der Waals surface area contributed by atoms with Crippen molar-refractivity contribution in [2.24, 2.45) is 0 Å². The summed E-state index contributed by atoms with van der Waals surface area (Å²) in [5.41, 5.74) is 10.7. The molecule has 0 fully saturated rings. The number of nitrogens with zero attached hydrogens (tertiary/aromatic N) is 2. The molecule has 10 rings (SSSR count). The maximum atomic E-state index is 2.55. The summed E-state index contributed by atoms with van der Waals surface area (Å²) >= 11 is 0. The largest absolute Gasteiger partial charge is 0.309 e. The van der Waals surface area contributed by atoms with Crippen molar-refractivity contribution >= 4 is 56.8 Å². The van der Waals surface area contributed by atoms with Crippen LogP contribution in [0.2, 0.25) is 0 Å². The lowest BCUT2D eigenvalue weighted by Crippen LogP contribution is -2.74. The Labute approximate surface area is 311 Å². The van der Waals surface area contributed by atoms with E-state index in [1.165, 1.54) is 59.7 Å². The Hall–Kier alpha value is -6.68. The van der Waals surface area contributed by atoms with Gasteiger partial charge < -0.3 is 9.47 Å². The van der Waals surface area contributed by atoms with Crippen LogP contribution in [0.25, 0.3) is 39.0 Å². The fraction of sp³-hybridized carbons (Fsp3) is 0. The lowest BCUT2D eigenvalue weighted by atomic mass is 9.98. The number of hydrogen-bond donors (Lipinski definition) is 0. The molecule has 3 heteroatoms. The predicted octanol–water partition coefficient (Wildman–Crippen LogP) is 10.1. The van der Waals surface area contributed by atoms with Crippen LogP contribution in [0.15, 0.2) is 218 Å². The van der Waals surface area contributed by atoms with Gasteiger partial charge in [0.2, 0.25) is 0 Å². The van der Waals surface area contributed by atoms with Gasteiger partial charge in [-0.25, -0.2) is 0 Å². The van der Waals surface area contributed by atoms with Crippen LogP contribution in [-0.2, 0) is 0 Å². The number of fused-ring (bicyclic) bond motifs is 7. The molecule has 0 atom stereocenters. The van der Waals surface area contributed by atoms with Crippen LogP contribution in [0.5, 0.6) is 0 Å². The maximum absolute atomic E-state index is 2.83. The normalized spacial score (nSPS) is 12.1. The highest BCUT2D eigenvalue weighted by Gasteiger charge is 2.42. The fourth-order valence-corrected chi connectivity index (χ4v) is 13.5. The van der Waals surface area contributed by atoms with E-state index in [1.807, 2.05) is 0 Å². The van der Waals surface area contributed by atoms with Gasteiger partial charge >= 0.3 is 0 Å². The van der Waals surface area contributed by atoms with E-state index < -0.39 is 8.07 Å². The molecular formula is C50H36N2Si. The molecule has 0 N–H and O–H groups in total. The Morgan fingerprint density at radius 2 is 0.811 bits per heavy atom. The molecule has 0 radical (unpaired) electrons. The predicted molar refractivity (Wildman–Crippen MR) is 226 cm³/mol. The molecule has 1 aromatic heterocycles. The number of rotatable bonds is 6. The highest BCUT2D eigenvalue weighted by atomic mass is 28.3. The third-order valence-electron chi connectivity index (χ3n) is 10.9. The maximum Gasteiger partial charge on any atom is 0.179 e. The zero-order valence-corrected chi connectivity index (χ0v) is 30.2. The molecule has 2 heterocycles. The Morgan fingerprint density at radius 1 is 0.340 bits per heavy atom. The number of aromatic nitrogens is 1.